The average molecular weight is 489 g/mol. The van der Waals surface area contributed by atoms with Crippen LogP contribution >= 0.6 is 35.4 Å². The molecule has 164 valence electrons. The van der Waals surface area contributed by atoms with Crippen LogP contribution in [-0.2, 0) is 13.1 Å². The maximum absolute atomic E-state index is 13.3. The lowest BCUT2D eigenvalue weighted by Crippen LogP contribution is -2.19. The fourth-order valence-corrected chi connectivity index (χ4v) is 3.82. The van der Waals surface area contributed by atoms with Crippen molar-refractivity contribution in [3.63, 3.8) is 0 Å². The van der Waals surface area contributed by atoms with Crippen molar-refractivity contribution < 1.29 is 4.39 Å². The maximum atomic E-state index is 13.3. The molecule has 4 aromatic rings. The number of aromatic nitrogens is 4. The molecule has 2 N–H and O–H groups in total. The lowest BCUT2D eigenvalue weighted by atomic mass is 10.2. The second-order valence-corrected chi connectivity index (χ2v) is 8.45. The second kappa shape index (κ2) is 9.68. The first-order chi connectivity index (χ1) is 15.4. The molecule has 4 rings (SSSR count). The van der Waals surface area contributed by atoms with Gasteiger partial charge in [-0.3, -0.25) is 9.36 Å². The van der Waals surface area contributed by atoms with Gasteiger partial charge in [-0.25, -0.2) is 4.39 Å². The van der Waals surface area contributed by atoms with Crippen LogP contribution in [0.25, 0.3) is 0 Å². The molecule has 2 aromatic heterocycles. The van der Waals surface area contributed by atoms with Gasteiger partial charge in [-0.05, 0) is 54.5 Å². The fourth-order valence-electron chi connectivity index (χ4n) is 3.16. The van der Waals surface area contributed by atoms with E-state index in [1.165, 1.54) is 12.1 Å². The highest BCUT2D eigenvalue weighted by atomic mass is 35.5. The third-order valence-electron chi connectivity index (χ3n) is 4.68. The highest BCUT2D eigenvalue weighted by molar-refractivity contribution is 7.80. The van der Waals surface area contributed by atoms with E-state index in [2.05, 4.69) is 20.8 Å². The van der Waals surface area contributed by atoms with Gasteiger partial charge in [-0.1, -0.05) is 41.4 Å². The molecule has 0 saturated heterocycles. The number of rotatable bonds is 6. The van der Waals surface area contributed by atoms with E-state index >= 15 is 0 Å². The molecule has 0 atom stereocenters. The number of hydrogen-bond acceptors (Lipinski definition) is 3. The lowest BCUT2D eigenvalue weighted by molar-refractivity contribution is 0.623. The van der Waals surface area contributed by atoms with Crippen molar-refractivity contribution in [2.24, 2.45) is 0 Å². The molecule has 0 fully saturated rings. The molecule has 0 bridgehead atoms. The molecule has 0 radical (unpaired) electrons. The molecule has 6 nitrogen and oxygen atoms in total. The Balaban J connectivity index is 1.36. The van der Waals surface area contributed by atoms with E-state index in [1.807, 2.05) is 43.5 Å². The third-order valence-corrected chi connectivity index (χ3v) is 5.47. The molecule has 2 heterocycles. The predicted octanol–water partition coefficient (Wildman–Crippen LogP) is 5.74. The summed E-state index contributed by atoms with van der Waals surface area (Å²) < 4.78 is 16.8. The molecule has 0 aliphatic carbocycles. The number of anilines is 2. The van der Waals surface area contributed by atoms with Crippen molar-refractivity contribution >= 4 is 52.0 Å². The van der Waals surface area contributed by atoms with Gasteiger partial charge in [0.25, 0.3) is 0 Å². The van der Waals surface area contributed by atoms with E-state index < -0.39 is 0 Å². The van der Waals surface area contributed by atoms with Gasteiger partial charge in [0, 0.05) is 28.0 Å². The topological polar surface area (TPSA) is 59.7 Å². The number of hydrogen-bond donors (Lipinski definition) is 2. The molecule has 2 aromatic carbocycles. The summed E-state index contributed by atoms with van der Waals surface area (Å²) in [7, 11) is 0. The number of halogens is 3. The van der Waals surface area contributed by atoms with E-state index in [4.69, 9.17) is 35.4 Å². The zero-order valence-electron chi connectivity index (χ0n) is 17.0. The molecule has 0 aliphatic heterocycles. The fraction of sp³-hybridized carbons (Fsp3) is 0.136. The van der Waals surface area contributed by atoms with Crippen molar-refractivity contribution in [2.75, 3.05) is 10.6 Å². The average Bonchev–Trinajstić information content (AvgIpc) is 3.29. The molecule has 0 amide bonds. The Hall–Kier alpha value is -2.94. The summed E-state index contributed by atoms with van der Waals surface area (Å²) in [5.74, 6) is 0.218. The molecule has 0 aliphatic rings. The predicted molar refractivity (Wildman–Crippen MR) is 130 cm³/mol. The van der Waals surface area contributed by atoms with Crippen LogP contribution in [0.5, 0.6) is 0 Å². The zero-order chi connectivity index (χ0) is 22.7. The Morgan fingerprint density at radius 1 is 1.09 bits per heavy atom. The molecule has 0 saturated carbocycles. The van der Waals surface area contributed by atoms with Crippen molar-refractivity contribution in [2.45, 2.75) is 20.0 Å². The smallest absolute Gasteiger partial charge is 0.176 e. The highest BCUT2D eigenvalue weighted by Crippen LogP contribution is 2.20. The summed E-state index contributed by atoms with van der Waals surface area (Å²) in [5.41, 5.74) is 3.48. The van der Waals surface area contributed by atoms with Crippen molar-refractivity contribution in [1.82, 2.24) is 19.6 Å². The Labute approximate surface area is 200 Å². The minimum Gasteiger partial charge on any atom is -0.330 e. The van der Waals surface area contributed by atoms with Gasteiger partial charge in [0.2, 0.25) is 0 Å². The first kappa shape index (κ1) is 22.3. The summed E-state index contributed by atoms with van der Waals surface area (Å²) in [6, 6.07) is 13.8. The van der Waals surface area contributed by atoms with Crippen LogP contribution in [0.4, 0.5) is 15.9 Å². The molecular weight excluding hydrogens is 470 g/mol. The molecule has 10 heteroatoms. The highest BCUT2D eigenvalue weighted by Gasteiger charge is 2.10. The van der Waals surface area contributed by atoms with Crippen molar-refractivity contribution in [3.05, 3.63) is 93.6 Å². The Bertz CT molecular complexity index is 1270. The van der Waals surface area contributed by atoms with Gasteiger partial charge in [0.1, 0.15) is 5.82 Å². The van der Waals surface area contributed by atoms with Crippen LogP contribution < -0.4 is 10.6 Å². The van der Waals surface area contributed by atoms with Gasteiger partial charge in [0.05, 0.1) is 25.0 Å². The van der Waals surface area contributed by atoms with E-state index in [0.717, 1.165) is 22.5 Å². The second-order valence-electron chi connectivity index (χ2n) is 7.20. The first-order valence-electron chi connectivity index (χ1n) is 9.69. The number of nitrogens with one attached hydrogen (secondary N) is 2. The summed E-state index contributed by atoms with van der Waals surface area (Å²) in [4.78, 5) is 0. The van der Waals surface area contributed by atoms with E-state index in [0.29, 0.717) is 34.1 Å². The van der Waals surface area contributed by atoms with E-state index in [1.54, 1.807) is 21.6 Å². The Kier molecular flexibility index (Phi) is 6.74. The Morgan fingerprint density at radius 2 is 1.94 bits per heavy atom. The van der Waals surface area contributed by atoms with Gasteiger partial charge in [0.15, 0.2) is 10.9 Å². The monoisotopic (exact) mass is 488 g/mol. The minimum atomic E-state index is -0.370. The summed E-state index contributed by atoms with van der Waals surface area (Å²) in [6.45, 7) is 2.94. The number of thiocarbonyl (C=S) groups is 1. The number of nitrogens with zero attached hydrogens (tertiary/aromatic N) is 4. The van der Waals surface area contributed by atoms with Crippen LogP contribution in [0.15, 0.2) is 60.9 Å². The molecule has 32 heavy (non-hydrogen) atoms. The molecular formula is C22H19Cl2FN6S. The summed E-state index contributed by atoms with van der Waals surface area (Å²) >= 11 is 17.6. The van der Waals surface area contributed by atoms with Crippen molar-refractivity contribution in [3.8, 4) is 0 Å². The van der Waals surface area contributed by atoms with Gasteiger partial charge >= 0.3 is 0 Å². The van der Waals surface area contributed by atoms with Crippen molar-refractivity contribution in [1.29, 1.82) is 0 Å². The standard InChI is InChI=1S/C22H19Cl2FN6S/c1-14-7-21(29-31(14)12-16-5-6-18(25)9-20(16)24)28-22(32)27-19-10-26-30(13-19)11-15-3-2-4-17(23)8-15/h2-10,13H,11-12H2,1H3,(H2,27,28,29,32). The minimum absolute atomic E-state index is 0.362. The normalized spacial score (nSPS) is 10.9. The maximum Gasteiger partial charge on any atom is 0.176 e. The van der Waals surface area contributed by atoms with E-state index in [-0.39, 0.29) is 5.82 Å². The number of aryl methyl sites for hydroxylation is 1. The molecule has 0 spiro atoms. The van der Waals surface area contributed by atoms with Crippen LogP contribution in [0.3, 0.4) is 0 Å². The van der Waals surface area contributed by atoms with E-state index in [9.17, 15) is 4.39 Å². The van der Waals surface area contributed by atoms with Crippen LogP contribution in [0.1, 0.15) is 16.8 Å². The molecule has 0 unspecified atom stereocenters. The lowest BCUT2D eigenvalue weighted by Gasteiger charge is -2.08. The van der Waals surface area contributed by atoms with Crippen LogP contribution in [-0.4, -0.2) is 24.7 Å². The summed E-state index contributed by atoms with van der Waals surface area (Å²) in [5, 5.41) is 16.5. The quantitative estimate of drug-likeness (QED) is 0.339. The van der Waals surface area contributed by atoms with Gasteiger partial charge < -0.3 is 10.6 Å². The van der Waals surface area contributed by atoms with Gasteiger partial charge in [-0.2, -0.15) is 10.2 Å². The third kappa shape index (κ3) is 5.64. The Morgan fingerprint density at radius 3 is 2.72 bits per heavy atom. The SMILES string of the molecule is Cc1cc(NC(=S)Nc2cnn(Cc3cccc(Cl)c3)c2)nn1Cc1ccc(F)cc1Cl. The van der Waals surface area contributed by atoms with Crippen LogP contribution in [0, 0.1) is 12.7 Å². The first-order valence-corrected chi connectivity index (χ1v) is 10.9. The van der Waals surface area contributed by atoms with Gasteiger partial charge in [-0.15, -0.1) is 0 Å². The number of benzene rings is 2. The summed E-state index contributed by atoms with van der Waals surface area (Å²) in [6.07, 6.45) is 3.55. The largest absolute Gasteiger partial charge is 0.330 e. The van der Waals surface area contributed by atoms with Crippen LogP contribution in [0.2, 0.25) is 10.0 Å². The zero-order valence-corrected chi connectivity index (χ0v) is 19.3.